The molecule has 218 valence electrons. The molecule has 1 aliphatic heterocycles. The lowest BCUT2D eigenvalue weighted by molar-refractivity contribution is -0.125. The molecule has 9 heteroatoms. The van der Waals surface area contributed by atoms with E-state index in [1.165, 1.54) is 5.56 Å². The summed E-state index contributed by atoms with van der Waals surface area (Å²) in [6.45, 7) is 13.5. The van der Waals surface area contributed by atoms with Crippen LogP contribution in [-0.2, 0) is 36.6 Å². The highest BCUT2D eigenvalue weighted by Crippen LogP contribution is 2.38. The molecule has 2 amide bonds. The monoisotopic (exact) mass is 552 g/mol. The number of ether oxygens (including phenoxy) is 2. The summed E-state index contributed by atoms with van der Waals surface area (Å²) in [5.41, 5.74) is 0.383. The molecule has 0 bridgehead atoms. The lowest BCUT2D eigenvalue weighted by Gasteiger charge is -2.32. The van der Waals surface area contributed by atoms with Crippen molar-refractivity contribution in [3.63, 3.8) is 0 Å². The molecule has 2 aromatic rings. The summed E-state index contributed by atoms with van der Waals surface area (Å²) < 4.78 is 23.9. The number of benzene rings is 2. The van der Waals surface area contributed by atoms with Crippen LogP contribution in [0.25, 0.3) is 0 Å². The van der Waals surface area contributed by atoms with Gasteiger partial charge in [-0.1, -0.05) is 60.7 Å². The predicted molar refractivity (Wildman–Crippen MR) is 157 cm³/mol. The Balaban J connectivity index is 1.72. The highest BCUT2D eigenvalue weighted by molar-refractivity contribution is 6.48. The number of carbonyl (C=O) groups is 2. The lowest BCUT2D eigenvalue weighted by Crippen LogP contribution is -2.56. The van der Waals surface area contributed by atoms with Crippen LogP contribution >= 0.6 is 0 Å². The fraction of sp³-hybridized carbons (Fsp3) is 0.548. The van der Waals surface area contributed by atoms with Crippen LogP contribution in [0.1, 0.15) is 72.4 Å². The summed E-state index contributed by atoms with van der Waals surface area (Å²) >= 11 is 0. The maximum atomic E-state index is 13.6. The molecule has 40 heavy (non-hydrogen) atoms. The van der Waals surface area contributed by atoms with Crippen LogP contribution in [0.5, 0.6) is 0 Å². The number of hydrogen-bond acceptors (Lipinski definition) is 6. The molecule has 1 aliphatic rings. The van der Waals surface area contributed by atoms with Crippen LogP contribution in [0, 0.1) is 0 Å². The Labute approximate surface area is 239 Å². The van der Waals surface area contributed by atoms with Gasteiger partial charge in [0.05, 0.1) is 30.4 Å². The molecule has 2 N–H and O–H groups in total. The normalized spacial score (nSPS) is 17.6. The van der Waals surface area contributed by atoms with Gasteiger partial charge in [-0.3, -0.25) is 4.79 Å². The van der Waals surface area contributed by atoms with E-state index in [4.69, 9.17) is 18.8 Å². The summed E-state index contributed by atoms with van der Waals surface area (Å²) in [7, 11) is -0.642. The zero-order chi connectivity index (χ0) is 29.4. The van der Waals surface area contributed by atoms with Gasteiger partial charge >= 0.3 is 13.2 Å². The zero-order valence-corrected chi connectivity index (χ0v) is 25.0. The molecule has 0 unspecified atom stereocenters. The molecular formula is C31H45BN2O6. The standard InChI is InChI=1S/C31H45BN2O6/c1-29(2,3)38-28(36)33-25(22-37-21-24-17-12-9-13-18-24)27(35)34-26(20-14-19-23-15-10-8-11-16-23)32-39-30(4,5)31(6,7)40-32/h8-13,15-18,25-26H,14,19-22H2,1-7H3,(H,33,36)(H,34,35)/t25-,26+/m1/s1. The summed E-state index contributed by atoms with van der Waals surface area (Å²) in [5.74, 6) is -0.826. The fourth-order valence-corrected chi connectivity index (χ4v) is 4.28. The number of nitrogens with one attached hydrogen (secondary N) is 2. The molecule has 0 saturated carbocycles. The number of rotatable bonds is 12. The third-order valence-electron chi connectivity index (χ3n) is 7.15. The van der Waals surface area contributed by atoms with E-state index in [-0.39, 0.29) is 6.61 Å². The van der Waals surface area contributed by atoms with Crippen molar-refractivity contribution in [2.45, 2.75) is 103 Å². The average molecular weight is 553 g/mol. The second kappa shape index (κ2) is 13.7. The van der Waals surface area contributed by atoms with Gasteiger partial charge in [0.25, 0.3) is 0 Å². The minimum absolute atomic E-state index is 0.0277. The Hall–Kier alpha value is -2.88. The van der Waals surface area contributed by atoms with E-state index in [0.29, 0.717) is 13.0 Å². The molecular weight excluding hydrogens is 507 g/mol. The van der Waals surface area contributed by atoms with E-state index < -0.39 is 47.9 Å². The predicted octanol–water partition coefficient (Wildman–Crippen LogP) is 5.24. The highest BCUT2D eigenvalue weighted by atomic mass is 16.7. The van der Waals surface area contributed by atoms with Gasteiger partial charge in [-0.05, 0) is 78.9 Å². The molecule has 1 saturated heterocycles. The van der Waals surface area contributed by atoms with Crippen molar-refractivity contribution >= 4 is 19.1 Å². The first kappa shape index (κ1) is 31.6. The smallest absolute Gasteiger partial charge is 0.444 e. The minimum Gasteiger partial charge on any atom is -0.444 e. The molecule has 1 heterocycles. The Bertz CT molecular complexity index is 1070. The Kier molecular flexibility index (Phi) is 10.8. The average Bonchev–Trinajstić information content (AvgIpc) is 3.09. The second-order valence-corrected chi connectivity index (χ2v) is 12.3. The maximum Gasteiger partial charge on any atom is 0.481 e. The van der Waals surface area contributed by atoms with Gasteiger partial charge in [0.1, 0.15) is 11.6 Å². The van der Waals surface area contributed by atoms with E-state index in [1.807, 2.05) is 76.2 Å². The number of hydrogen-bond donors (Lipinski definition) is 2. The molecule has 2 atom stereocenters. The molecule has 2 aromatic carbocycles. The van der Waals surface area contributed by atoms with E-state index >= 15 is 0 Å². The van der Waals surface area contributed by atoms with Crippen molar-refractivity contribution in [1.82, 2.24) is 10.6 Å². The molecule has 0 aliphatic carbocycles. The molecule has 1 fully saturated rings. The Morgan fingerprint density at radius 1 is 0.875 bits per heavy atom. The molecule has 8 nitrogen and oxygen atoms in total. The Morgan fingerprint density at radius 2 is 1.43 bits per heavy atom. The lowest BCUT2D eigenvalue weighted by atomic mass is 9.75. The first-order valence-corrected chi connectivity index (χ1v) is 14.1. The van der Waals surface area contributed by atoms with Gasteiger partial charge in [0.2, 0.25) is 5.91 Å². The second-order valence-electron chi connectivity index (χ2n) is 12.3. The molecule has 0 aromatic heterocycles. The van der Waals surface area contributed by atoms with Crippen LogP contribution in [0.3, 0.4) is 0 Å². The van der Waals surface area contributed by atoms with Gasteiger partial charge in [0.15, 0.2) is 0 Å². The van der Waals surface area contributed by atoms with Crippen molar-refractivity contribution in [2.75, 3.05) is 6.61 Å². The van der Waals surface area contributed by atoms with Gasteiger partial charge in [-0.15, -0.1) is 0 Å². The largest absolute Gasteiger partial charge is 0.481 e. The van der Waals surface area contributed by atoms with E-state index in [9.17, 15) is 9.59 Å². The summed E-state index contributed by atoms with van der Waals surface area (Å²) in [6, 6.07) is 18.9. The van der Waals surface area contributed by atoms with E-state index in [1.54, 1.807) is 20.8 Å². The first-order valence-electron chi connectivity index (χ1n) is 14.1. The van der Waals surface area contributed by atoms with Crippen LogP contribution in [-0.4, -0.2) is 54.5 Å². The van der Waals surface area contributed by atoms with Gasteiger partial charge in [0, 0.05) is 0 Å². The van der Waals surface area contributed by atoms with Gasteiger partial charge in [-0.2, -0.15) is 0 Å². The van der Waals surface area contributed by atoms with Gasteiger partial charge < -0.3 is 29.4 Å². The number of carbonyl (C=O) groups excluding carboxylic acids is 2. The highest BCUT2D eigenvalue weighted by Gasteiger charge is 2.54. The van der Waals surface area contributed by atoms with Crippen molar-refractivity contribution in [3.8, 4) is 0 Å². The van der Waals surface area contributed by atoms with Crippen molar-refractivity contribution in [3.05, 3.63) is 71.8 Å². The van der Waals surface area contributed by atoms with Crippen molar-refractivity contribution < 1.29 is 28.4 Å². The van der Waals surface area contributed by atoms with Crippen LogP contribution in [0.2, 0.25) is 0 Å². The number of alkyl carbamates (subject to hydrolysis) is 1. The summed E-state index contributed by atoms with van der Waals surface area (Å²) in [6.07, 6.45) is 1.61. The van der Waals surface area contributed by atoms with Crippen LogP contribution in [0.15, 0.2) is 60.7 Å². The van der Waals surface area contributed by atoms with E-state index in [0.717, 1.165) is 18.4 Å². The van der Waals surface area contributed by atoms with Gasteiger partial charge in [-0.25, -0.2) is 4.79 Å². The van der Waals surface area contributed by atoms with Crippen molar-refractivity contribution in [1.29, 1.82) is 0 Å². The SMILES string of the molecule is CC(C)(C)OC(=O)N[C@H](COCc1ccccc1)C(=O)N[C@@H](CCCc1ccccc1)B1OC(C)(C)C(C)(C)O1. The number of amides is 2. The molecule has 0 spiro atoms. The third-order valence-corrected chi connectivity index (χ3v) is 7.15. The van der Waals surface area contributed by atoms with Crippen LogP contribution < -0.4 is 10.6 Å². The number of aryl methyl sites for hydroxylation is 1. The fourth-order valence-electron chi connectivity index (χ4n) is 4.28. The van der Waals surface area contributed by atoms with Crippen LogP contribution in [0.4, 0.5) is 4.79 Å². The molecule has 3 rings (SSSR count). The first-order chi connectivity index (χ1) is 18.8. The Morgan fingerprint density at radius 3 is 1.98 bits per heavy atom. The maximum absolute atomic E-state index is 13.6. The third kappa shape index (κ3) is 9.64. The zero-order valence-electron chi connectivity index (χ0n) is 25.0. The quantitative estimate of drug-likeness (QED) is 0.350. The molecule has 0 radical (unpaired) electrons. The summed E-state index contributed by atoms with van der Waals surface area (Å²) in [5, 5.41) is 5.79. The van der Waals surface area contributed by atoms with Crippen molar-refractivity contribution in [2.24, 2.45) is 0 Å². The van der Waals surface area contributed by atoms with E-state index in [2.05, 4.69) is 22.8 Å². The summed E-state index contributed by atoms with van der Waals surface area (Å²) in [4.78, 5) is 26.3. The topological polar surface area (TPSA) is 95.1 Å². The minimum atomic E-state index is -0.974.